The average molecular weight is 330 g/mol. The largest absolute Gasteiger partial charge is 0.381 e. The summed E-state index contributed by atoms with van der Waals surface area (Å²) in [6.45, 7) is 2.16. The number of ether oxygens (including phenoxy) is 1. The quantitative estimate of drug-likeness (QED) is 0.932. The zero-order valence-corrected chi connectivity index (χ0v) is 13.2. The van der Waals surface area contributed by atoms with Gasteiger partial charge in [0, 0.05) is 31.2 Å². The predicted molar refractivity (Wildman–Crippen MR) is 87.1 cm³/mol. The molecule has 1 N–H and O–H groups in total. The van der Waals surface area contributed by atoms with Crippen molar-refractivity contribution >= 4 is 22.6 Å². The van der Waals surface area contributed by atoms with Crippen LogP contribution in [0.3, 0.4) is 0 Å². The van der Waals surface area contributed by atoms with Gasteiger partial charge in [-0.15, -0.1) is 0 Å². The number of hydrogen-bond donors (Lipinski definition) is 1. The van der Waals surface area contributed by atoms with E-state index in [0.717, 1.165) is 25.8 Å². The minimum absolute atomic E-state index is 0.0880. The van der Waals surface area contributed by atoms with Crippen LogP contribution in [0.25, 0.3) is 10.9 Å². The van der Waals surface area contributed by atoms with Gasteiger partial charge in [0.05, 0.1) is 5.52 Å². The maximum absolute atomic E-state index is 13.5. The molecule has 1 aromatic carbocycles. The molecular weight excluding hydrogens is 311 g/mol. The minimum atomic E-state index is -0.345. The lowest BCUT2D eigenvalue weighted by Crippen LogP contribution is -2.43. The zero-order chi connectivity index (χ0) is 16.5. The van der Waals surface area contributed by atoms with E-state index in [0.29, 0.717) is 29.9 Å². The second-order valence-corrected chi connectivity index (χ2v) is 6.24. The Morgan fingerprint density at radius 1 is 1.21 bits per heavy atom. The predicted octanol–water partition coefficient (Wildman–Crippen LogP) is 1.96. The van der Waals surface area contributed by atoms with Gasteiger partial charge >= 0.3 is 0 Å². The van der Waals surface area contributed by atoms with Gasteiger partial charge in [-0.05, 0) is 37.5 Å². The Labute approximate surface area is 139 Å². The maximum Gasteiger partial charge on any atom is 0.245 e. The van der Waals surface area contributed by atoms with Crippen molar-refractivity contribution in [2.45, 2.75) is 31.3 Å². The number of rotatable bonds is 3. The molecule has 1 amide bonds. The van der Waals surface area contributed by atoms with Crippen molar-refractivity contribution in [1.29, 1.82) is 0 Å². The van der Waals surface area contributed by atoms with E-state index in [-0.39, 0.29) is 23.8 Å². The van der Waals surface area contributed by atoms with Gasteiger partial charge in [0.1, 0.15) is 24.0 Å². The molecule has 4 rings (SSSR count). The lowest BCUT2D eigenvalue weighted by Gasteiger charge is -2.31. The molecule has 0 radical (unpaired) electrons. The van der Waals surface area contributed by atoms with Crippen LogP contribution in [0.15, 0.2) is 24.5 Å². The highest BCUT2D eigenvalue weighted by Crippen LogP contribution is 2.26. The molecule has 2 aliphatic heterocycles. The summed E-state index contributed by atoms with van der Waals surface area (Å²) in [5.74, 6) is 0.249. The van der Waals surface area contributed by atoms with E-state index in [1.54, 1.807) is 6.07 Å². The SMILES string of the molecule is O=C1[C@H](Nc2ncnc3ccc(F)cc23)CCN1C1CCOCC1. The van der Waals surface area contributed by atoms with Gasteiger partial charge in [0.2, 0.25) is 5.91 Å². The monoisotopic (exact) mass is 330 g/mol. The van der Waals surface area contributed by atoms with Gasteiger partial charge in [-0.25, -0.2) is 14.4 Å². The molecule has 1 aromatic heterocycles. The molecule has 3 heterocycles. The van der Waals surface area contributed by atoms with Crippen LogP contribution in [-0.2, 0) is 9.53 Å². The molecule has 1 atom stereocenters. The zero-order valence-electron chi connectivity index (χ0n) is 13.2. The molecule has 0 aliphatic carbocycles. The Bertz CT molecular complexity index is 763. The number of nitrogens with zero attached hydrogens (tertiary/aromatic N) is 3. The highest BCUT2D eigenvalue weighted by Gasteiger charge is 2.36. The van der Waals surface area contributed by atoms with Crippen molar-refractivity contribution in [1.82, 2.24) is 14.9 Å². The Kier molecular flexibility index (Phi) is 4.02. The smallest absolute Gasteiger partial charge is 0.245 e. The van der Waals surface area contributed by atoms with Crippen LogP contribution < -0.4 is 5.32 Å². The molecule has 2 saturated heterocycles. The summed E-state index contributed by atoms with van der Waals surface area (Å²) in [6, 6.07) is 4.31. The number of fused-ring (bicyclic) bond motifs is 1. The summed E-state index contributed by atoms with van der Waals surface area (Å²) in [5.41, 5.74) is 0.653. The molecule has 0 unspecified atom stereocenters. The fourth-order valence-corrected chi connectivity index (χ4v) is 3.50. The van der Waals surface area contributed by atoms with E-state index in [9.17, 15) is 9.18 Å². The average Bonchev–Trinajstić information content (AvgIpc) is 2.97. The number of hydrogen-bond acceptors (Lipinski definition) is 5. The Morgan fingerprint density at radius 2 is 2.04 bits per heavy atom. The third-order valence-corrected chi connectivity index (χ3v) is 4.78. The summed E-state index contributed by atoms with van der Waals surface area (Å²) in [4.78, 5) is 23.0. The first kappa shape index (κ1) is 15.3. The van der Waals surface area contributed by atoms with Crippen LogP contribution in [0.2, 0.25) is 0 Å². The topological polar surface area (TPSA) is 67.4 Å². The lowest BCUT2D eigenvalue weighted by atomic mass is 10.1. The second-order valence-electron chi connectivity index (χ2n) is 6.24. The van der Waals surface area contributed by atoms with Gasteiger partial charge in [0.15, 0.2) is 0 Å². The van der Waals surface area contributed by atoms with Crippen LogP contribution in [0.5, 0.6) is 0 Å². The van der Waals surface area contributed by atoms with Crippen LogP contribution in [-0.4, -0.2) is 52.6 Å². The molecule has 24 heavy (non-hydrogen) atoms. The summed E-state index contributed by atoms with van der Waals surface area (Å²) < 4.78 is 18.9. The first-order valence-electron chi connectivity index (χ1n) is 8.27. The number of amides is 1. The number of anilines is 1. The van der Waals surface area contributed by atoms with Crippen LogP contribution in [0, 0.1) is 5.82 Å². The van der Waals surface area contributed by atoms with Gasteiger partial charge < -0.3 is 15.0 Å². The molecule has 126 valence electrons. The Balaban J connectivity index is 1.54. The number of carbonyl (C=O) groups is 1. The number of halogens is 1. The summed E-state index contributed by atoms with van der Waals surface area (Å²) >= 11 is 0. The molecule has 0 bridgehead atoms. The molecule has 2 fully saturated rings. The Morgan fingerprint density at radius 3 is 2.88 bits per heavy atom. The van der Waals surface area contributed by atoms with E-state index in [4.69, 9.17) is 4.74 Å². The van der Waals surface area contributed by atoms with Crippen LogP contribution in [0.4, 0.5) is 10.2 Å². The third-order valence-electron chi connectivity index (χ3n) is 4.78. The van der Waals surface area contributed by atoms with Crippen LogP contribution in [0.1, 0.15) is 19.3 Å². The van der Waals surface area contributed by atoms with Crippen molar-refractivity contribution in [3.63, 3.8) is 0 Å². The number of nitrogens with one attached hydrogen (secondary N) is 1. The van der Waals surface area contributed by atoms with E-state index in [1.165, 1.54) is 18.5 Å². The minimum Gasteiger partial charge on any atom is -0.381 e. The van der Waals surface area contributed by atoms with Crippen molar-refractivity contribution in [2.75, 3.05) is 25.1 Å². The van der Waals surface area contributed by atoms with E-state index in [1.807, 2.05) is 4.90 Å². The number of aromatic nitrogens is 2. The number of carbonyl (C=O) groups excluding carboxylic acids is 1. The lowest BCUT2D eigenvalue weighted by molar-refractivity contribution is -0.131. The van der Waals surface area contributed by atoms with E-state index in [2.05, 4.69) is 15.3 Å². The molecule has 2 aromatic rings. The van der Waals surface area contributed by atoms with Crippen LogP contribution >= 0.6 is 0 Å². The normalized spacial score (nSPS) is 22.3. The Hall–Kier alpha value is -2.28. The summed E-state index contributed by atoms with van der Waals surface area (Å²) in [5, 5.41) is 3.78. The molecule has 0 spiro atoms. The standard InChI is InChI=1S/C17H19FN4O2/c18-11-1-2-14-13(9-11)16(20-10-19-14)21-15-3-6-22(17(15)23)12-4-7-24-8-5-12/h1-2,9-10,12,15H,3-8H2,(H,19,20,21)/t15-/m1/s1. The van der Waals surface area contributed by atoms with Gasteiger partial charge in [-0.3, -0.25) is 4.79 Å². The molecule has 7 heteroatoms. The van der Waals surface area contributed by atoms with Crippen molar-refractivity contribution in [3.8, 4) is 0 Å². The molecule has 0 saturated carbocycles. The highest BCUT2D eigenvalue weighted by molar-refractivity contribution is 5.92. The summed E-state index contributed by atoms with van der Waals surface area (Å²) in [7, 11) is 0. The fourth-order valence-electron chi connectivity index (χ4n) is 3.50. The van der Waals surface area contributed by atoms with Crippen molar-refractivity contribution in [3.05, 3.63) is 30.3 Å². The fraction of sp³-hybridized carbons (Fsp3) is 0.471. The number of benzene rings is 1. The first-order chi connectivity index (χ1) is 11.7. The van der Waals surface area contributed by atoms with Gasteiger partial charge in [-0.2, -0.15) is 0 Å². The van der Waals surface area contributed by atoms with Crippen molar-refractivity contribution < 1.29 is 13.9 Å². The molecule has 2 aliphatic rings. The van der Waals surface area contributed by atoms with Gasteiger partial charge in [-0.1, -0.05) is 0 Å². The van der Waals surface area contributed by atoms with E-state index >= 15 is 0 Å². The maximum atomic E-state index is 13.5. The highest BCUT2D eigenvalue weighted by atomic mass is 19.1. The first-order valence-corrected chi connectivity index (χ1v) is 8.27. The van der Waals surface area contributed by atoms with E-state index < -0.39 is 0 Å². The molecular formula is C17H19FN4O2. The number of likely N-dealkylation sites (tertiary alicyclic amines) is 1. The third kappa shape index (κ3) is 2.80. The van der Waals surface area contributed by atoms with Crippen molar-refractivity contribution in [2.24, 2.45) is 0 Å². The van der Waals surface area contributed by atoms with Gasteiger partial charge in [0.25, 0.3) is 0 Å². The second kappa shape index (κ2) is 6.32. The summed E-state index contributed by atoms with van der Waals surface area (Å²) in [6.07, 6.45) is 3.93. The molecule has 6 nitrogen and oxygen atoms in total.